The highest BCUT2D eigenvalue weighted by atomic mass is 16.6. The van der Waals surface area contributed by atoms with Crippen LogP contribution in [0.4, 0.5) is 5.69 Å². The summed E-state index contributed by atoms with van der Waals surface area (Å²) in [6.07, 6.45) is 0. The first-order valence-electron chi connectivity index (χ1n) is 9.25. The first-order valence-corrected chi connectivity index (χ1v) is 9.25. The third-order valence-corrected chi connectivity index (χ3v) is 4.74. The molecule has 1 atom stereocenters. The molecule has 1 aliphatic heterocycles. The molecule has 0 saturated carbocycles. The second-order valence-electron chi connectivity index (χ2n) is 6.52. The normalized spacial score (nSPS) is 17.9. The average molecular weight is 412 g/mol. The van der Waals surface area contributed by atoms with Gasteiger partial charge in [-0.15, -0.1) is 0 Å². The molecule has 9 nitrogen and oxygen atoms in total. The number of likely N-dealkylation sites (tertiary alicyclic amines) is 1. The number of rotatable bonds is 7. The molecular weight excluding hydrogens is 392 g/mol. The van der Waals surface area contributed by atoms with Gasteiger partial charge < -0.3 is 19.8 Å². The van der Waals surface area contributed by atoms with Gasteiger partial charge in [0.25, 0.3) is 17.4 Å². The number of nitro benzene ring substituents is 1. The minimum absolute atomic E-state index is 0.133. The van der Waals surface area contributed by atoms with Crippen LogP contribution < -0.4 is 4.74 Å². The van der Waals surface area contributed by atoms with Gasteiger partial charge >= 0.3 is 0 Å². The summed E-state index contributed by atoms with van der Waals surface area (Å²) in [5.74, 6) is -1.54. The van der Waals surface area contributed by atoms with E-state index in [0.717, 1.165) is 4.90 Å². The molecule has 1 amide bonds. The SMILES string of the molecule is CCOc1ccc(C(O)=C2C(=O)C(=O)N(CCO)[C@@H]2c2ccc([N+](=O)[O-])cc2)cc1. The number of non-ortho nitro benzene ring substituents is 1. The Hall–Kier alpha value is -3.72. The molecule has 0 aliphatic carbocycles. The molecule has 1 fully saturated rings. The zero-order valence-electron chi connectivity index (χ0n) is 16.1. The number of benzene rings is 2. The van der Waals surface area contributed by atoms with E-state index in [-0.39, 0.29) is 30.2 Å². The van der Waals surface area contributed by atoms with Crippen molar-refractivity contribution in [2.45, 2.75) is 13.0 Å². The van der Waals surface area contributed by atoms with Crippen molar-refractivity contribution in [3.8, 4) is 5.75 Å². The van der Waals surface area contributed by atoms with E-state index >= 15 is 0 Å². The van der Waals surface area contributed by atoms with E-state index in [4.69, 9.17) is 4.74 Å². The van der Waals surface area contributed by atoms with Gasteiger partial charge in [-0.2, -0.15) is 0 Å². The Kier molecular flexibility index (Phi) is 6.12. The fraction of sp³-hybridized carbons (Fsp3) is 0.238. The number of amides is 1. The van der Waals surface area contributed by atoms with E-state index in [1.54, 1.807) is 24.3 Å². The molecule has 0 unspecified atom stereocenters. The number of Topliss-reactive ketones (excluding diaryl/α,β-unsaturated/α-hetero) is 1. The second-order valence-corrected chi connectivity index (χ2v) is 6.52. The second kappa shape index (κ2) is 8.75. The first-order chi connectivity index (χ1) is 14.4. The lowest BCUT2D eigenvalue weighted by molar-refractivity contribution is -0.384. The molecule has 1 heterocycles. The highest BCUT2D eigenvalue weighted by Gasteiger charge is 2.45. The van der Waals surface area contributed by atoms with Crippen LogP contribution in [0.1, 0.15) is 24.1 Å². The van der Waals surface area contributed by atoms with E-state index in [1.807, 2.05) is 6.92 Å². The number of ketones is 1. The van der Waals surface area contributed by atoms with Crippen LogP contribution in [0.2, 0.25) is 0 Å². The molecule has 156 valence electrons. The number of aliphatic hydroxyl groups excluding tert-OH is 2. The Morgan fingerprint density at radius 1 is 1.13 bits per heavy atom. The summed E-state index contributed by atoms with van der Waals surface area (Å²) in [6, 6.07) is 10.8. The zero-order chi connectivity index (χ0) is 21.8. The molecule has 0 spiro atoms. The smallest absolute Gasteiger partial charge is 0.295 e. The van der Waals surface area contributed by atoms with Crippen LogP contribution >= 0.6 is 0 Å². The largest absolute Gasteiger partial charge is 0.507 e. The molecule has 30 heavy (non-hydrogen) atoms. The van der Waals surface area contributed by atoms with Crippen molar-refractivity contribution >= 4 is 23.1 Å². The van der Waals surface area contributed by atoms with Gasteiger partial charge in [-0.05, 0) is 48.9 Å². The predicted octanol–water partition coefficient (Wildman–Crippen LogP) is 2.41. The number of aliphatic hydroxyl groups is 2. The van der Waals surface area contributed by atoms with Crippen LogP contribution in [-0.4, -0.2) is 51.5 Å². The lowest BCUT2D eigenvalue weighted by atomic mass is 9.95. The number of carbonyl (C=O) groups excluding carboxylic acids is 2. The zero-order valence-corrected chi connectivity index (χ0v) is 16.1. The molecule has 2 aromatic rings. The van der Waals surface area contributed by atoms with Crippen LogP contribution in [0.3, 0.4) is 0 Å². The van der Waals surface area contributed by atoms with Crippen molar-refractivity contribution in [2.24, 2.45) is 0 Å². The van der Waals surface area contributed by atoms with Gasteiger partial charge in [0.2, 0.25) is 0 Å². The van der Waals surface area contributed by atoms with Crippen molar-refractivity contribution in [1.82, 2.24) is 4.90 Å². The third kappa shape index (κ3) is 3.87. The molecule has 2 N–H and O–H groups in total. The minimum atomic E-state index is -0.982. The number of ether oxygens (including phenoxy) is 1. The molecule has 9 heteroatoms. The number of nitrogens with zero attached hydrogens (tertiary/aromatic N) is 2. The third-order valence-electron chi connectivity index (χ3n) is 4.74. The maximum absolute atomic E-state index is 12.7. The first kappa shape index (κ1) is 21.0. The Balaban J connectivity index is 2.10. The highest BCUT2D eigenvalue weighted by molar-refractivity contribution is 6.46. The van der Waals surface area contributed by atoms with Gasteiger partial charge in [0, 0.05) is 24.2 Å². The monoisotopic (exact) mass is 412 g/mol. The lowest BCUT2D eigenvalue weighted by Crippen LogP contribution is -2.32. The van der Waals surface area contributed by atoms with Crippen LogP contribution in [0, 0.1) is 10.1 Å². The number of carbonyl (C=O) groups is 2. The summed E-state index contributed by atoms with van der Waals surface area (Å²) in [5.41, 5.74) is 0.420. The summed E-state index contributed by atoms with van der Waals surface area (Å²) >= 11 is 0. The van der Waals surface area contributed by atoms with Crippen LogP contribution in [0.25, 0.3) is 5.76 Å². The van der Waals surface area contributed by atoms with Crippen molar-refractivity contribution in [3.05, 3.63) is 75.3 Å². The maximum atomic E-state index is 12.7. The summed E-state index contributed by atoms with van der Waals surface area (Å²) in [4.78, 5) is 36.8. The Bertz CT molecular complexity index is 997. The fourth-order valence-corrected chi connectivity index (χ4v) is 3.37. The lowest BCUT2D eigenvalue weighted by Gasteiger charge is -2.24. The van der Waals surface area contributed by atoms with Gasteiger partial charge in [0.1, 0.15) is 11.5 Å². The number of hydrogen-bond donors (Lipinski definition) is 2. The average Bonchev–Trinajstić information content (AvgIpc) is 2.99. The molecular formula is C21H20N2O7. The van der Waals surface area contributed by atoms with Crippen molar-refractivity contribution in [1.29, 1.82) is 0 Å². The van der Waals surface area contributed by atoms with E-state index in [1.165, 1.54) is 24.3 Å². The van der Waals surface area contributed by atoms with E-state index in [2.05, 4.69) is 0 Å². The standard InChI is InChI=1S/C21H20N2O7/c1-2-30-16-9-5-14(6-10-16)19(25)17-18(22(11-12-24)21(27)20(17)26)13-3-7-15(8-4-13)23(28)29/h3-10,18,24-25H,2,11-12H2,1H3/t18-/m1/s1. The molecule has 0 aromatic heterocycles. The van der Waals surface area contributed by atoms with E-state index in [9.17, 15) is 29.9 Å². The van der Waals surface area contributed by atoms with Gasteiger partial charge in [-0.3, -0.25) is 19.7 Å². The molecule has 1 saturated heterocycles. The van der Waals surface area contributed by atoms with Gasteiger partial charge in [0.05, 0.1) is 29.8 Å². The van der Waals surface area contributed by atoms with Crippen molar-refractivity contribution in [2.75, 3.05) is 19.8 Å². The fourth-order valence-electron chi connectivity index (χ4n) is 3.37. The summed E-state index contributed by atoms with van der Waals surface area (Å²) in [6.45, 7) is 1.78. The van der Waals surface area contributed by atoms with Crippen molar-refractivity contribution < 1.29 is 29.5 Å². The van der Waals surface area contributed by atoms with Crippen LogP contribution in [0.5, 0.6) is 5.75 Å². The van der Waals surface area contributed by atoms with Crippen LogP contribution in [0.15, 0.2) is 54.1 Å². The van der Waals surface area contributed by atoms with E-state index < -0.39 is 22.7 Å². The molecule has 3 rings (SSSR count). The Morgan fingerprint density at radius 3 is 2.30 bits per heavy atom. The number of β-amino-alcohol motifs (C(OH)–C–C–N with tert-alkyl or cyclic N) is 1. The summed E-state index contributed by atoms with van der Waals surface area (Å²) in [7, 11) is 0. The Labute approximate surface area is 172 Å². The van der Waals surface area contributed by atoms with E-state index in [0.29, 0.717) is 23.5 Å². The number of hydrogen-bond acceptors (Lipinski definition) is 7. The van der Waals surface area contributed by atoms with Crippen LogP contribution in [-0.2, 0) is 9.59 Å². The topological polar surface area (TPSA) is 130 Å². The predicted molar refractivity (Wildman–Crippen MR) is 107 cm³/mol. The maximum Gasteiger partial charge on any atom is 0.295 e. The summed E-state index contributed by atoms with van der Waals surface area (Å²) in [5, 5.41) is 31.1. The molecule has 0 radical (unpaired) electrons. The van der Waals surface area contributed by atoms with Gasteiger partial charge in [-0.1, -0.05) is 0 Å². The van der Waals surface area contributed by atoms with Gasteiger partial charge in [0.15, 0.2) is 0 Å². The number of nitro groups is 1. The minimum Gasteiger partial charge on any atom is -0.507 e. The Morgan fingerprint density at radius 2 is 1.77 bits per heavy atom. The molecule has 2 aromatic carbocycles. The van der Waals surface area contributed by atoms with Gasteiger partial charge in [-0.25, -0.2) is 0 Å². The molecule has 1 aliphatic rings. The highest BCUT2D eigenvalue weighted by Crippen LogP contribution is 2.39. The quantitative estimate of drug-likeness (QED) is 0.235. The summed E-state index contributed by atoms with van der Waals surface area (Å²) < 4.78 is 5.36. The van der Waals surface area contributed by atoms with Crippen molar-refractivity contribution in [3.63, 3.8) is 0 Å². The molecule has 0 bridgehead atoms.